The molecule has 0 N–H and O–H groups in total. The fourth-order valence-electron chi connectivity index (χ4n) is 7.33. The fourth-order valence-corrected chi connectivity index (χ4v) is 7.33. The third kappa shape index (κ3) is 2.41. The van der Waals surface area contributed by atoms with E-state index in [0.29, 0.717) is 11.7 Å². The molecule has 5 atom stereocenters. The van der Waals surface area contributed by atoms with E-state index < -0.39 is 0 Å². The number of hydrogen-bond donors (Lipinski definition) is 0. The first-order chi connectivity index (χ1) is 11.1. The molecule has 4 fully saturated rings. The predicted octanol–water partition coefficient (Wildman–Crippen LogP) is 4.38. The Morgan fingerprint density at radius 2 is 1.83 bits per heavy atom. The van der Waals surface area contributed by atoms with Crippen molar-refractivity contribution in [1.29, 1.82) is 0 Å². The lowest BCUT2D eigenvalue weighted by atomic mass is 9.39. The summed E-state index contributed by atoms with van der Waals surface area (Å²) in [6.45, 7) is 13.4. The maximum Gasteiger partial charge on any atom is 0.137 e. The number of carbonyl (C=O) groups is 1. The molecule has 0 aromatic rings. The largest absolute Gasteiger partial charge is 0.381 e. The smallest absolute Gasteiger partial charge is 0.137 e. The molecule has 0 amide bonds. The van der Waals surface area contributed by atoms with Gasteiger partial charge in [-0.05, 0) is 42.4 Å². The van der Waals surface area contributed by atoms with Crippen LogP contribution in [0.4, 0.5) is 0 Å². The van der Waals surface area contributed by atoms with Crippen LogP contribution in [0.25, 0.3) is 0 Å². The average Bonchev–Trinajstić information content (AvgIpc) is 3.06. The van der Waals surface area contributed by atoms with Gasteiger partial charge in [0, 0.05) is 37.4 Å². The molecule has 4 aliphatic rings. The van der Waals surface area contributed by atoms with Crippen LogP contribution in [0.3, 0.4) is 0 Å². The van der Waals surface area contributed by atoms with Gasteiger partial charge in [-0.15, -0.1) is 0 Å². The summed E-state index contributed by atoms with van der Waals surface area (Å²) in [5, 5.41) is 0. The Labute approximate surface area is 146 Å². The van der Waals surface area contributed by atoms with Crippen LogP contribution >= 0.6 is 0 Å². The fraction of sp³-hybridized carbons (Fsp3) is 0.952. The second-order valence-electron chi connectivity index (χ2n) is 10.8. The van der Waals surface area contributed by atoms with Gasteiger partial charge < -0.3 is 9.47 Å². The van der Waals surface area contributed by atoms with Crippen molar-refractivity contribution in [1.82, 2.24) is 0 Å². The van der Waals surface area contributed by atoms with Crippen molar-refractivity contribution in [3.63, 3.8) is 0 Å². The van der Waals surface area contributed by atoms with Crippen molar-refractivity contribution in [2.75, 3.05) is 13.2 Å². The number of carbonyl (C=O) groups excluding carboxylic acids is 1. The van der Waals surface area contributed by atoms with Gasteiger partial charge in [-0.1, -0.05) is 34.6 Å². The Morgan fingerprint density at radius 1 is 1.08 bits per heavy atom. The number of Topliss-reactive ketones (excluding diaryl/α,β-unsaturated/α-hetero) is 1. The molecular formula is C21H34O3. The average molecular weight is 335 g/mol. The first-order valence-electron chi connectivity index (χ1n) is 9.89. The minimum absolute atomic E-state index is 0.0116. The molecule has 5 unspecified atom stereocenters. The Balaban J connectivity index is 1.64. The van der Waals surface area contributed by atoms with Gasteiger partial charge in [-0.3, -0.25) is 4.79 Å². The SMILES string of the molecule is CC1CCOCCC2(C1)OC2C12CC(=O)C1C(C)(C)CC(C)(C)C2. The van der Waals surface area contributed by atoms with Crippen molar-refractivity contribution in [3.05, 3.63) is 0 Å². The van der Waals surface area contributed by atoms with Gasteiger partial charge in [-0.2, -0.15) is 0 Å². The Kier molecular flexibility index (Phi) is 3.59. The highest BCUT2D eigenvalue weighted by Gasteiger charge is 2.76. The molecule has 0 aromatic heterocycles. The van der Waals surface area contributed by atoms with Crippen LogP contribution in [0, 0.1) is 28.1 Å². The molecule has 0 bridgehead atoms. The molecule has 0 radical (unpaired) electrons. The third-order valence-corrected chi connectivity index (χ3v) is 7.34. The predicted molar refractivity (Wildman–Crippen MR) is 93.8 cm³/mol. The minimum atomic E-state index is -0.0116. The number of rotatable bonds is 1. The second kappa shape index (κ2) is 5.07. The lowest BCUT2D eigenvalue weighted by Gasteiger charge is -2.62. The quantitative estimate of drug-likeness (QED) is 0.668. The topological polar surface area (TPSA) is 38.8 Å². The van der Waals surface area contributed by atoms with Crippen LogP contribution < -0.4 is 0 Å². The molecule has 2 saturated heterocycles. The maximum atomic E-state index is 12.6. The summed E-state index contributed by atoms with van der Waals surface area (Å²) in [6.07, 6.45) is 6.57. The molecule has 136 valence electrons. The number of ketones is 1. The van der Waals surface area contributed by atoms with Gasteiger partial charge in [-0.25, -0.2) is 0 Å². The highest BCUT2D eigenvalue weighted by molar-refractivity contribution is 5.90. The number of epoxide rings is 1. The summed E-state index contributed by atoms with van der Waals surface area (Å²) in [7, 11) is 0. The summed E-state index contributed by atoms with van der Waals surface area (Å²) in [5.74, 6) is 1.32. The Bertz CT molecular complexity index is 551. The maximum absolute atomic E-state index is 12.6. The zero-order valence-electron chi connectivity index (χ0n) is 16.1. The van der Waals surface area contributed by atoms with Crippen LogP contribution in [0.1, 0.15) is 73.1 Å². The van der Waals surface area contributed by atoms with Crippen LogP contribution in [-0.2, 0) is 14.3 Å². The molecule has 4 rings (SSSR count). The summed E-state index contributed by atoms with van der Waals surface area (Å²) in [6, 6.07) is 0. The van der Waals surface area contributed by atoms with Gasteiger partial charge >= 0.3 is 0 Å². The van der Waals surface area contributed by atoms with E-state index in [9.17, 15) is 4.79 Å². The molecule has 2 aliphatic heterocycles. The molecule has 2 aliphatic carbocycles. The minimum Gasteiger partial charge on any atom is -0.381 e. The zero-order chi connectivity index (χ0) is 17.4. The van der Waals surface area contributed by atoms with Crippen LogP contribution in [-0.4, -0.2) is 30.7 Å². The second-order valence-corrected chi connectivity index (χ2v) is 10.8. The van der Waals surface area contributed by atoms with Crippen molar-refractivity contribution in [2.45, 2.75) is 84.8 Å². The molecule has 2 heterocycles. The van der Waals surface area contributed by atoms with E-state index in [-0.39, 0.29) is 33.9 Å². The number of ether oxygens (including phenoxy) is 2. The monoisotopic (exact) mass is 334 g/mol. The summed E-state index contributed by atoms with van der Waals surface area (Å²) >= 11 is 0. The Hall–Kier alpha value is -0.410. The molecule has 3 nitrogen and oxygen atoms in total. The molecule has 24 heavy (non-hydrogen) atoms. The molecule has 1 spiro atoms. The molecule has 2 saturated carbocycles. The summed E-state index contributed by atoms with van der Waals surface area (Å²) < 4.78 is 12.3. The van der Waals surface area contributed by atoms with Gasteiger partial charge in [0.2, 0.25) is 0 Å². The lowest BCUT2D eigenvalue weighted by molar-refractivity contribution is -0.177. The van der Waals surface area contributed by atoms with Crippen LogP contribution in [0.2, 0.25) is 0 Å². The van der Waals surface area contributed by atoms with E-state index in [4.69, 9.17) is 9.47 Å². The highest BCUT2D eigenvalue weighted by Crippen LogP contribution is 2.72. The molecular weight excluding hydrogens is 300 g/mol. The summed E-state index contributed by atoms with van der Waals surface area (Å²) in [5.41, 5.74) is 0.453. The van der Waals surface area contributed by atoms with Crippen molar-refractivity contribution < 1.29 is 14.3 Å². The normalized spacial score (nSPS) is 49.7. The van der Waals surface area contributed by atoms with Gasteiger partial charge in [0.05, 0.1) is 11.7 Å². The van der Waals surface area contributed by atoms with E-state index >= 15 is 0 Å². The van der Waals surface area contributed by atoms with E-state index in [1.54, 1.807) is 0 Å². The van der Waals surface area contributed by atoms with E-state index in [0.717, 1.165) is 51.7 Å². The van der Waals surface area contributed by atoms with E-state index in [1.807, 2.05) is 0 Å². The van der Waals surface area contributed by atoms with Crippen molar-refractivity contribution >= 4 is 5.78 Å². The van der Waals surface area contributed by atoms with Gasteiger partial charge in [0.25, 0.3) is 0 Å². The molecule has 3 heteroatoms. The number of fused-ring (bicyclic) bond motifs is 1. The van der Waals surface area contributed by atoms with Crippen LogP contribution in [0.15, 0.2) is 0 Å². The van der Waals surface area contributed by atoms with Crippen molar-refractivity contribution in [3.8, 4) is 0 Å². The van der Waals surface area contributed by atoms with E-state index in [2.05, 4.69) is 34.6 Å². The lowest BCUT2D eigenvalue weighted by Crippen LogP contribution is -2.64. The molecule has 0 aromatic carbocycles. The van der Waals surface area contributed by atoms with Crippen molar-refractivity contribution in [2.24, 2.45) is 28.1 Å². The summed E-state index contributed by atoms with van der Waals surface area (Å²) in [4.78, 5) is 12.6. The van der Waals surface area contributed by atoms with E-state index in [1.165, 1.54) is 0 Å². The Morgan fingerprint density at radius 3 is 2.54 bits per heavy atom. The highest BCUT2D eigenvalue weighted by atomic mass is 16.6. The third-order valence-electron chi connectivity index (χ3n) is 7.34. The number of hydrogen-bond acceptors (Lipinski definition) is 3. The van der Waals surface area contributed by atoms with Crippen LogP contribution in [0.5, 0.6) is 0 Å². The van der Waals surface area contributed by atoms with Gasteiger partial charge in [0.15, 0.2) is 0 Å². The zero-order valence-corrected chi connectivity index (χ0v) is 16.1. The first-order valence-corrected chi connectivity index (χ1v) is 9.89. The first kappa shape index (κ1) is 17.0. The van der Waals surface area contributed by atoms with Gasteiger partial charge in [0.1, 0.15) is 5.78 Å². The standard InChI is InChI=1S/C21H34O3/c1-14-6-8-23-9-7-21(10-14)17(24-21)20-11-15(22)16(20)19(4,5)12-18(2,3)13-20/h14,16-17H,6-13H2,1-5H3.